The van der Waals surface area contributed by atoms with Crippen molar-refractivity contribution in [2.75, 3.05) is 12.8 Å². The number of rotatable bonds is 6. The maximum absolute atomic E-state index is 13.0. The van der Waals surface area contributed by atoms with Gasteiger partial charge in [-0.3, -0.25) is 0 Å². The summed E-state index contributed by atoms with van der Waals surface area (Å²) in [4.78, 5) is 0. The molecular formula is C17H21FN2O5S. The molecule has 1 aliphatic heterocycles. The first-order valence-electron chi connectivity index (χ1n) is 8.30. The SMILES string of the molecule is CS(=O)(=O)NC[C@H]1O[C@H](Cc2cc(-c3ccc(F)cc3)on2)CC[C@@H]1O. The summed E-state index contributed by atoms with van der Waals surface area (Å²) in [6.07, 6.45) is 1.17. The maximum atomic E-state index is 13.0. The number of nitrogens with zero attached hydrogens (tertiary/aromatic N) is 1. The van der Waals surface area contributed by atoms with Crippen LogP contribution >= 0.6 is 0 Å². The molecule has 26 heavy (non-hydrogen) atoms. The number of sulfonamides is 1. The third kappa shape index (κ3) is 5.10. The fraction of sp³-hybridized carbons (Fsp3) is 0.471. The third-order valence-electron chi connectivity index (χ3n) is 4.25. The molecule has 3 rings (SSSR count). The molecule has 0 unspecified atom stereocenters. The van der Waals surface area contributed by atoms with Gasteiger partial charge in [0.1, 0.15) is 5.82 Å². The highest BCUT2D eigenvalue weighted by molar-refractivity contribution is 7.88. The predicted octanol–water partition coefficient (Wildman–Crippen LogP) is 1.48. The second-order valence-electron chi connectivity index (χ2n) is 6.46. The standard InChI is InChI=1S/C17H21FN2O5S/c1-26(22,23)19-10-17-15(21)7-6-14(24-17)8-13-9-16(25-20-13)11-2-4-12(18)5-3-11/h2-5,9,14-15,17,19,21H,6-8,10H2,1H3/t14-,15-,17+/m0/s1. The second-order valence-corrected chi connectivity index (χ2v) is 8.29. The molecule has 0 bridgehead atoms. The molecule has 2 N–H and O–H groups in total. The minimum Gasteiger partial charge on any atom is -0.390 e. The van der Waals surface area contributed by atoms with Crippen molar-refractivity contribution >= 4 is 10.0 Å². The summed E-state index contributed by atoms with van der Waals surface area (Å²) in [6, 6.07) is 7.69. The van der Waals surface area contributed by atoms with Crippen molar-refractivity contribution in [1.29, 1.82) is 0 Å². The van der Waals surface area contributed by atoms with Crippen LogP contribution in [-0.4, -0.2) is 49.8 Å². The van der Waals surface area contributed by atoms with E-state index in [0.29, 0.717) is 30.7 Å². The molecule has 1 aromatic carbocycles. The molecule has 1 fully saturated rings. The minimum atomic E-state index is -3.35. The van der Waals surface area contributed by atoms with Gasteiger partial charge in [-0.05, 0) is 37.1 Å². The van der Waals surface area contributed by atoms with Crippen LogP contribution in [0, 0.1) is 5.82 Å². The number of aromatic nitrogens is 1. The Labute approximate surface area is 151 Å². The lowest BCUT2D eigenvalue weighted by atomic mass is 9.98. The monoisotopic (exact) mass is 384 g/mol. The van der Waals surface area contributed by atoms with E-state index in [9.17, 15) is 17.9 Å². The first-order chi connectivity index (χ1) is 12.3. The van der Waals surface area contributed by atoms with Crippen molar-refractivity contribution in [1.82, 2.24) is 9.88 Å². The summed E-state index contributed by atoms with van der Waals surface area (Å²) in [6.45, 7) is 0.0240. The summed E-state index contributed by atoms with van der Waals surface area (Å²) in [5, 5.41) is 14.0. The van der Waals surface area contributed by atoms with Crippen molar-refractivity contribution in [2.24, 2.45) is 0 Å². The highest BCUT2D eigenvalue weighted by atomic mass is 32.2. The predicted molar refractivity (Wildman–Crippen MR) is 92.3 cm³/mol. The van der Waals surface area contributed by atoms with E-state index in [1.165, 1.54) is 12.1 Å². The number of ether oxygens (including phenoxy) is 1. The smallest absolute Gasteiger partial charge is 0.208 e. The average Bonchev–Trinajstić information content (AvgIpc) is 3.04. The second kappa shape index (κ2) is 7.83. The molecule has 1 saturated heterocycles. The van der Waals surface area contributed by atoms with Crippen LogP contribution in [0.2, 0.25) is 0 Å². The zero-order valence-electron chi connectivity index (χ0n) is 14.3. The van der Waals surface area contributed by atoms with E-state index in [0.717, 1.165) is 11.8 Å². The summed E-state index contributed by atoms with van der Waals surface area (Å²) in [5.41, 5.74) is 1.40. The number of hydrogen-bond donors (Lipinski definition) is 2. The number of benzene rings is 1. The number of nitrogens with one attached hydrogen (secondary N) is 1. The van der Waals surface area contributed by atoms with Gasteiger partial charge in [0.15, 0.2) is 5.76 Å². The molecule has 0 aliphatic carbocycles. The topological polar surface area (TPSA) is 102 Å². The number of halogens is 1. The Hall–Kier alpha value is -1.81. The van der Waals surface area contributed by atoms with Gasteiger partial charge in [-0.25, -0.2) is 17.5 Å². The van der Waals surface area contributed by atoms with Crippen molar-refractivity contribution in [3.63, 3.8) is 0 Å². The largest absolute Gasteiger partial charge is 0.390 e. The van der Waals surface area contributed by atoms with E-state index in [4.69, 9.17) is 9.26 Å². The Bertz CT molecular complexity index is 837. The Kier molecular flexibility index (Phi) is 5.71. The van der Waals surface area contributed by atoms with Crippen LogP contribution in [0.5, 0.6) is 0 Å². The highest BCUT2D eigenvalue weighted by Gasteiger charge is 2.31. The zero-order valence-corrected chi connectivity index (χ0v) is 15.1. The van der Waals surface area contributed by atoms with Crippen molar-refractivity contribution in [3.8, 4) is 11.3 Å². The Morgan fingerprint density at radius 1 is 1.31 bits per heavy atom. The van der Waals surface area contributed by atoms with Crippen LogP contribution in [0.25, 0.3) is 11.3 Å². The van der Waals surface area contributed by atoms with Gasteiger partial charge in [0.05, 0.1) is 30.3 Å². The van der Waals surface area contributed by atoms with Gasteiger partial charge in [0.25, 0.3) is 0 Å². The maximum Gasteiger partial charge on any atom is 0.208 e. The lowest BCUT2D eigenvalue weighted by molar-refractivity contribution is -0.113. The quantitative estimate of drug-likeness (QED) is 0.782. The average molecular weight is 384 g/mol. The van der Waals surface area contributed by atoms with Crippen LogP contribution in [0.1, 0.15) is 18.5 Å². The molecule has 7 nitrogen and oxygen atoms in total. The van der Waals surface area contributed by atoms with Gasteiger partial charge < -0.3 is 14.4 Å². The summed E-state index contributed by atoms with van der Waals surface area (Å²) in [5.74, 6) is 0.211. The molecule has 142 valence electrons. The van der Waals surface area contributed by atoms with Gasteiger partial charge in [-0.15, -0.1) is 0 Å². The molecule has 0 radical (unpaired) electrons. The molecule has 1 aliphatic rings. The summed E-state index contributed by atoms with van der Waals surface area (Å²) < 4.78 is 48.9. The molecule has 1 aromatic heterocycles. The third-order valence-corrected chi connectivity index (χ3v) is 4.94. The van der Waals surface area contributed by atoms with E-state index >= 15 is 0 Å². The van der Waals surface area contributed by atoms with Crippen molar-refractivity contribution < 1.29 is 27.2 Å². The van der Waals surface area contributed by atoms with E-state index in [1.54, 1.807) is 18.2 Å². The molecule has 0 saturated carbocycles. The Balaban J connectivity index is 1.61. The lowest BCUT2D eigenvalue weighted by Gasteiger charge is -2.33. The zero-order chi connectivity index (χ0) is 18.7. The molecule has 3 atom stereocenters. The van der Waals surface area contributed by atoms with E-state index in [1.807, 2.05) is 0 Å². The van der Waals surface area contributed by atoms with Crippen LogP contribution in [-0.2, 0) is 21.2 Å². The van der Waals surface area contributed by atoms with Crippen LogP contribution < -0.4 is 4.72 Å². The van der Waals surface area contributed by atoms with Crippen LogP contribution in [0.4, 0.5) is 4.39 Å². The van der Waals surface area contributed by atoms with Crippen molar-refractivity contribution in [2.45, 2.75) is 37.6 Å². The van der Waals surface area contributed by atoms with Crippen LogP contribution in [0.3, 0.4) is 0 Å². The lowest BCUT2D eigenvalue weighted by Crippen LogP contribution is -2.46. The summed E-state index contributed by atoms with van der Waals surface area (Å²) >= 11 is 0. The Morgan fingerprint density at radius 2 is 2.04 bits per heavy atom. The number of aliphatic hydroxyl groups is 1. The molecule has 0 spiro atoms. The number of aliphatic hydroxyl groups excluding tert-OH is 1. The fourth-order valence-corrected chi connectivity index (χ4v) is 3.37. The summed E-state index contributed by atoms with van der Waals surface area (Å²) in [7, 11) is -3.35. The minimum absolute atomic E-state index is 0.0240. The van der Waals surface area contributed by atoms with Gasteiger partial charge >= 0.3 is 0 Å². The normalized spacial score (nSPS) is 23.9. The first kappa shape index (κ1) is 19.0. The highest BCUT2D eigenvalue weighted by Crippen LogP contribution is 2.25. The molecular weight excluding hydrogens is 363 g/mol. The molecule has 2 heterocycles. The molecule has 9 heteroatoms. The van der Waals surface area contributed by atoms with Gasteiger partial charge in [-0.2, -0.15) is 0 Å². The molecule has 0 amide bonds. The van der Waals surface area contributed by atoms with E-state index in [2.05, 4.69) is 9.88 Å². The van der Waals surface area contributed by atoms with Gasteiger partial charge in [-0.1, -0.05) is 5.16 Å². The molecule has 2 aromatic rings. The van der Waals surface area contributed by atoms with E-state index in [-0.39, 0.29) is 18.5 Å². The Morgan fingerprint density at radius 3 is 2.73 bits per heavy atom. The fourth-order valence-electron chi connectivity index (χ4n) is 2.91. The first-order valence-corrected chi connectivity index (χ1v) is 10.2. The van der Waals surface area contributed by atoms with Crippen LogP contribution in [0.15, 0.2) is 34.9 Å². The van der Waals surface area contributed by atoms with Crippen molar-refractivity contribution in [3.05, 3.63) is 41.8 Å². The number of hydrogen-bond acceptors (Lipinski definition) is 6. The van der Waals surface area contributed by atoms with E-state index < -0.39 is 22.2 Å². The van der Waals surface area contributed by atoms with Gasteiger partial charge in [0, 0.05) is 24.6 Å². The van der Waals surface area contributed by atoms with Gasteiger partial charge in [0.2, 0.25) is 10.0 Å².